The summed E-state index contributed by atoms with van der Waals surface area (Å²) >= 11 is 0. The maximum Gasteiger partial charge on any atom is 0.0992 e. The van der Waals surface area contributed by atoms with E-state index in [2.05, 4.69) is 119 Å². The number of rotatable bonds is 5. The minimum Gasteiger partial charge on any atom is -0.255 e. The number of allylic oxidation sites excluding steroid dienone is 1. The molecule has 212 valence electrons. The lowest BCUT2D eigenvalue weighted by Gasteiger charge is -2.13. The van der Waals surface area contributed by atoms with Crippen LogP contribution in [-0.4, -0.2) is 15.7 Å². The molecule has 0 saturated heterocycles. The van der Waals surface area contributed by atoms with E-state index in [1.807, 2.05) is 36.4 Å². The van der Waals surface area contributed by atoms with Crippen LogP contribution in [0.3, 0.4) is 0 Å². The number of hydrogen-bond acceptors (Lipinski definition) is 4. The SMILES string of the molecule is N#Cc1cc(-c2ccc(-c3cc(C4=NC=C=C=C4)nc(-c4ccccn4)c3)cc2)cc(-c2cc3ccccc3c3ccccc23)c1. The molecule has 4 heteroatoms. The zero-order chi connectivity index (χ0) is 30.9. The summed E-state index contributed by atoms with van der Waals surface area (Å²) in [6, 6.07) is 46.0. The lowest BCUT2D eigenvalue weighted by atomic mass is 9.90. The van der Waals surface area contributed by atoms with Gasteiger partial charge in [0.25, 0.3) is 0 Å². The number of pyridine rings is 2. The van der Waals surface area contributed by atoms with Crippen LogP contribution >= 0.6 is 0 Å². The third-order valence-electron chi connectivity index (χ3n) is 8.27. The van der Waals surface area contributed by atoms with Crippen molar-refractivity contribution in [1.82, 2.24) is 9.97 Å². The van der Waals surface area contributed by atoms with Crippen LogP contribution in [0, 0.1) is 11.3 Å². The number of nitrogens with zero attached hydrogens (tertiary/aromatic N) is 4. The van der Waals surface area contributed by atoms with Crippen molar-refractivity contribution in [3.8, 4) is 50.8 Å². The van der Waals surface area contributed by atoms with E-state index in [-0.39, 0.29) is 0 Å². The Kier molecular flexibility index (Phi) is 6.72. The zero-order valence-electron chi connectivity index (χ0n) is 24.6. The smallest absolute Gasteiger partial charge is 0.0992 e. The van der Waals surface area contributed by atoms with Crippen LogP contribution < -0.4 is 0 Å². The van der Waals surface area contributed by atoms with Crippen molar-refractivity contribution in [2.75, 3.05) is 0 Å². The molecule has 0 bridgehead atoms. The largest absolute Gasteiger partial charge is 0.255 e. The fraction of sp³-hybridized carbons (Fsp3) is 0. The van der Waals surface area contributed by atoms with Crippen LogP contribution in [0.25, 0.3) is 66.3 Å². The highest BCUT2D eigenvalue weighted by atomic mass is 14.8. The van der Waals surface area contributed by atoms with Gasteiger partial charge in [0.2, 0.25) is 0 Å². The number of fused-ring (bicyclic) bond motifs is 3. The Morgan fingerprint density at radius 2 is 1.24 bits per heavy atom. The molecule has 1 aliphatic heterocycles. The highest BCUT2D eigenvalue weighted by Crippen LogP contribution is 2.37. The van der Waals surface area contributed by atoms with E-state index >= 15 is 0 Å². The fourth-order valence-corrected chi connectivity index (χ4v) is 6.06. The van der Waals surface area contributed by atoms with Gasteiger partial charge in [0.1, 0.15) is 0 Å². The molecular weight excluding hydrogens is 560 g/mol. The van der Waals surface area contributed by atoms with Gasteiger partial charge in [-0.25, -0.2) is 9.98 Å². The van der Waals surface area contributed by atoms with Crippen LogP contribution in [-0.2, 0) is 0 Å². The lowest BCUT2D eigenvalue weighted by Crippen LogP contribution is -2.03. The van der Waals surface area contributed by atoms with Gasteiger partial charge >= 0.3 is 0 Å². The topological polar surface area (TPSA) is 61.9 Å². The third kappa shape index (κ3) is 5.01. The van der Waals surface area contributed by atoms with Crippen molar-refractivity contribution < 1.29 is 0 Å². The molecule has 7 aromatic rings. The summed E-state index contributed by atoms with van der Waals surface area (Å²) < 4.78 is 0. The monoisotopic (exact) mass is 584 g/mol. The molecule has 0 saturated carbocycles. The number of aromatic nitrogens is 2. The van der Waals surface area contributed by atoms with Gasteiger partial charge in [-0.1, -0.05) is 84.6 Å². The third-order valence-corrected chi connectivity index (χ3v) is 8.27. The molecule has 0 spiro atoms. The molecule has 0 amide bonds. The number of aliphatic imine (C=N–C) groups is 1. The highest BCUT2D eigenvalue weighted by molar-refractivity contribution is 6.14. The number of benzene rings is 5. The Balaban J connectivity index is 1.22. The second-order valence-electron chi connectivity index (χ2n) is 11.1. The number of nitriles is 1. The Hall–Kier alpha value is -6.62. The van der Waals surface area contributed by atoms with Gasteiger partial charge in [-0.05, 0) is 109 Å². The first kappa shape index (κ1) is 27.0. The predicted molar refractivity (Wildman–Crippen MR) is 186 cm³/mol. The van der Waals surface area contributed by atoms with Gasteiger partial charge in [-0.15, -0.1) is 0 Å². The summed E-state index contributed by atoms with van der Waals surface area (Å²) in [5.74, 6) is 0. The van der Waals surface area contributed by atoms with Crippen LogP contribution in [0.5, 0.6) is 0 Å². The van der Waals surface area contributed by atoms with E-state index in [1.54, 1.807) is 18.5 Å². The van der Waals surface area contributed by atoms with Crippen molar-refractivity contribution in [3.05, 3.63) is 169 Å². The number of hydrogen-bond donors (Lipinski definition) is 0. The van der Waals surface area contributed by atoms with Crippen LogP contribution in [0.1, 0.15) is 11.3 Å². The van der Waals surface area contributed by atoms with E-state index in [0.29, 0.717) is 5.56 Å². The maximum atomic E-state index is 10.0. The molecule has 1 aliphatic rings. The van der Waals surface area contributed by atoms with Crippen LogP contribution in [0.2, 0.25) is 0 Å². The Morgan fingerprint density at radius 3 is 1.98 bits per heavy atom. The van der Waals surface area contributed by atoms with Gasteiger partial charge < -0.3 is 0 Å². The summed E-state index contributed by atoms with van der Waals surface area (Å²) in [7, 11) is 0. The summed E-state index contributed by atoms with van der Waals surface area (Å²) in [5.41, 5.74) is 15.7. The summed E-state index contributed by atoms with van der Waals surface area (Å²) in [4.78, 5) is 13.9. The minimum absolute atomic E-state index is 0.622. The molecular formula is C42H24N4. The van der Waals surface area contributed by atoms with E-state index in [0.717, 1.165) is 61.6 Å². The standard InChI is InChI=1S/C42H24N4/c43-27-28-21-32(23-34(22-28)38-24-31-9-1-2-10-35(31)36-11-3-4-12-37(36)38)29-15-17-30(18-16-29)33-25-41(39-13-5-7-19-44-39)46-42(26-33)40-14-6-8-20-45-40/h1-5,7,9-26H. The minimum atomic E-state index is 0.622. The molecule has 0 fully saturated rings. The van der Waals surface area contributed by atoms with Crippen LogP contribution in [0.4, 0.5) is 0 Å². The molecule has 0 unspecified atom stereocenters. The van der Waals surface area contributed by atoms with E-state index in [9.17, 15) is 5.26 Å². The van der Waals surface area contributed by atoms with E-state index in [4.69, 9.17) is 4.98 Å². The van der Waals surface area contributed by atoms with Gasteiger partial charge in [-0.3, -0.25) is 4.98 Å². The Morgan fingerprint density at radius 1 is 0.543 bits per heavy atom. The van der Waals surface area contributed by atoms with Crippen molar-refractivity contribution >= 4 is 27.3 Å². The maximum absolute atomic E-state index is 10.0. The molecule has 0 radical (unpaired) electrons. The van der Waals surface area contributed by atoms with Crippen molar-refractivity contribution in [1.29, 1.82) is 5.26 Å². The fourth-order valence-electron chi connectivity index (χ4n) is 6.06. The van der Waals surface area contributed by atoms with Crippen molar-refractivity contribution in [3.63, 3.8) is 0 Å². The lowest BCUT2D eigenvalue weighted by molar-refractivity contribution is 1.23. The molecule has 0 N–H and O–H groups in total. The first-order chi connectivity index (χ1) is 22.7. The molecule has 2 aromatic heterocycles. The molecule has 8 rings (SSSR count). The van der Waals surface area contributed by atoms with Gasteiger partial charge in [-0.2, -0.15) is 5.26 Å². The molecule has 4 nitrogen and oxygen atoms in total. The first-order valence-electron chi connectivity index (χ1n) is 15.0. The van der Waals surface area contributed by atoms with Crippen molar-refractivity contribution in [2.45, 2.75) is 0 Å². The Bertz CT molecular complexity index is 2490. The average molecular weight is 585 g/mol. The first-order valence-corrected chi connectivity index (χ1v) is 15.0. The zero-order valence-corrected chi connectivity index (χ0v) is 24.6. The highest BCUT2D eigenvalue weighted by Gasteiger charge is 2.14. The second-order valence-corrected chi connectivity index (χ2v) is 11.1. The summed E-state index contributed by atoms with van der Waals surface area (Å²) in [5, 5.41) is 14.8. The van der Waals surface area contributed by atoms with Gasteiger partial charge in [0.15, 0.2) is 0 Å². The molecule has 0 aliphatic carbocycles. The van der Waals surface area contributed by atoms with Gasteiger partial charge in [0, 0.05) is 12.3 Å². The normalized spacial score (nSPS) is 11.9. The Labute approximate surface area is 266 Å². The van der Waals surface area contributed by atoms with E-state index < -0.39 is 0 Å². The average Bonchev–Trinajstić information content (AvgIpc) is 3.15. The predicted octanol–water partition coefficient (Wildman–Crippen LogP) is 9.95. The van der Waals surface area contributed by atoms with Crippen molar-refractivity contribution in [2.24, 2.45) is 4.99 Å². The molecule has 3 heterocycles. The second kappa shape index (κ2) is 11.5. The molecule has 5 aromatic carbocycles. The van der Waals surface area contributed by atoms with E-state index in [1.165, 1.54) is 16.2 Å². The summed E-state index contributed by atoms with van der Waals surface area (Å²) in [6.07, 6.45) is 5.16. The molecule has 0 atom stereocenters. The molecule has 46 heavy (non-hydrogen) atoms. The van der Waals surface area contributed by atoms with Gasteiger partial charge in [0.05, 0.1) is 40.6 Å². The summed E-state index contributed by atoms with van der Waals surface area (Å²) in [6.45, 7) is 0. The quantitative estimate of drug-likeness (QED) is 0.149. The van der Waals surface area contributed by atoms with Crippen LogP contribution in [0.15, 0.2) is 162 Å².